The van der Waals surface area contributed by atoms with Gasteiger partial charge in [0, 0.05) is 11.3 Å². The van der Waals surface area contributed by atoms with Crippen molar-refractivity contribution < 1.29 is 9.21 Å². The number of fused-ring (bicyclic) bond motifs is 1. The molecule has 1 unspecified atom stereocenters. The highest BCUT2D eigenvalue weighted by Crippen LogP contribution is 2.29. The lowest BCUT2D eigenvalue weighted by molar-refractivity contribution is -0.126. The molecule has 1 aliphatic heterocycles. The van der Waals surface area contributed by atoms with Crippen molar-refractivity contribution in [1.82, 2.24) is 10.6 Å². The number of nitrogens with one attached hydrogen (secondary N) is 2. The molecule has 2 N–H and O–H groups in total. The van der Waals surface area contributed by atoms with Gasteiger partial charge in [-0.25, -0.2) is 0 Å². The molecule has 1 atom stereocenters. The van der Waals surface area contributed by atoms with Crippen LogP contribution in [-0.2, 0) is 4.79 Å². The number of hydrogen-bond donors (Lipinski definition) is 2. The average Bonchev–Trinajstić information content (AvgIpc) is 3.11. The van der Waals surface area contributed by atoms with E-state index < -0.39 is 0 Å². The number of piperidine rings is 1. The van der Waals surface area contributed by atoms with Crippen molar-refractivity contribution in [1.29, 1.82) is 0 Å². The molecule has 1 aromatic heterocycles. The van der Waals surface area contributed by atoms with Crippen molar-refractivity contribution in [3.63, 3.8) is 0 Å². The maximum absolute atomic E-state index is 12.8. The van der Waals surface area contributed by atoms with Crippen molar-refractivity contribution in [2.24, 2.45) is 5.92 Å². The molecule has 4 rings (SSSR count). The highest BCUT2D eigenvalue weighted by atomic mass is 35.5. The largest absolute Gasteiger partial charge is 0.459 e. The van der Waals surface area contributed by atoms with E-state index in [9.17, 15) is 4.79 Å². The number of rotatable bonds is 4. The van der Waals surface area contributed by atoms with Crippen LogP contribution in [0.15, 0.2) is 65.1 Å². The summed E-state index contributed by atoms with van der Waals surface area (Å²) in [6.07, 6.45) is 1.76. The zero-order valence-electron chi connectivity index (χ0n) is 14.5. The minimum absolute atomic E-state index is 0. The van der Waals surface area contributed by atoms with Crippen LogP contribution in [0.25, 0.3) is 11.0 Å². The summed E-state index contributed by atoms with van der Waals surface area (Å²) in [5.41, 5.74) is 1.87. The van der Waals surface area contributed by atoms with Gasteiger partial charge in [0.2, 0.25) is 5.91 Å². The monoisotopic (exact) mass is 370 g/mol. The van der Waals surface area contributed by atoms with E-state index in [4.69, 9.17) is 4.42 Å². The maximum atomic E-state index is 12.8. The summed E-state index contributed by atoms with van der Waals surface area (Å²) < 4.78 is 6.05. The first-order valence-electron chi connectivity index (χ1n) is 8.86. The normalized spacial score (nSPS) is 16.0. The molecule has 26 heavy (non-hydrogen) atoms. The Morgan fingerprint density at radius 2 is 1.73 bits per heavy atom. The summed E-state index contributed by atoms with van der Waals surface area (Å²) in [5.74, 6) is 0.947. The third-order valence-corrected chi connectivity index (χ3v) is 4.86. The lowest BCUT2D eigenvalue weighted by Gasteiger charge is -2.25. The highest BCUT2D eigenvalue weighted by Gasteiger charge is 2.26. The molecule has 4 nitrogen and oxygen atoms in total. The van der Waals surface area contributed by atoms with Crippen LogP contribution in [0, 0.1) is 5.92 Å². The Morgan fingerprint density at radius 1 is 1.04 bits per heavy atom. The molecule has 1 fully saturated rings. The predicted octanol–water partition coefficient (Wildman–Crippen LogP) is 4.06. The lowest BCUT2D eigenvalue weighted by Crippen LogP contribution is -2.39. The fraction of sp³-hybridized carbons (Fsp3) is 0.286. The van der Waals surface area contributed by atoms with Crippen molar-refractivity contribution in [3.8, 4) is 0 Å². The van der Waals surface area contributed by atoms with Gasteiger partial charge in [-0.1, -0.05) is 48.5 Å². The van der Waals surface area contributed by atoms with Crippen molar-refractivity contribution >= 4 is 29.3 Å². The quantitative estimate of drug-likeness (QED) is 0.728. The first-order chi connectivity index (χ1) is 12.3. The number of carbonyl (C=O) groups is 1. The Balaban J connectivity index is 0.00000196. The van der Waals surface area contributed by atoms with Crippen molar-refractivity contribution in [2.75, 3.05) is 13.1 Å². The second-order valence-corrected chi connectivity index (χ2v) is 6.56. The average molecular weight is 371 g/mol. The number of carbonyl (C=O) groups excluding carboxylic acids is 1. The fourth-order valence-electron chi connectivity index (χ4n) is 3.45. The third kappa shape index (κ3) is 3.92. The smallest absolute Gasteiger partial charge is 0.224 e. The Morgan fingerprint density at radius 3 is 2.46 bits per heavy atom. The maximum Gasteiger partial charge on any atom is 0.224 e. The zero-order chi connectivity index (χ0) is 17.1. The first kappa shape index (κ1) is 18.5. The minimum Gasteiger partial charge on any atom is -0.459 e. The van der Waals surface area contributed by atoms with Crippen LogP contribution < -0.4 is 10.6 Å². The number of para-hydroxylation sites is 1. The van der Waals surface area contributed by atoms with Crippen LogP contribution in [0.3, 0.4) is 0 Å². The summed E-state index contributed by atoms with van der Waals surface area (Å²) in [7, 11) is 0. The number of halogens is 1. The minimum atomic E-state index is -0.268. The van der Waals surface area contributed by atoms with Gasteiger partial charge in [0.1, 0.15) is 17.4 Å². The standard InChI is InChI=1S/C21H22N2O2.ClH/c24-21(16-10-12-22-13-11-16)23-20(15-6-2-1-3-7-15)19-14-17-8-4-5-9-18(17)25-19;/h1-9,14,16,20,22H,10-13H2,(H,23,24);1H. The molecule has 5 heteroatoms. The summed E-state index contributed by atoms with van der Waals surface area (Å²) in [6.45, 7) is 1.80. The van der Waals surface area contributed by atoms with Gasteiger partial charge in [-0.3, -0.25) is 4.79 Å². The van der Waals surface area contributed by atoms with Crippen molar-refractivity contribution in [3.05, 3.63) is 72.0 Å². The Hall–Kier alpha value is -2.30. The second-order valence-electron chi connectivity index (χ2n) is 6.56. The molecule has 136 valence electrons. The summed E-state index contributed by atoms with van der Waals surface area (Å²) in [4.78, 5) is 12.8. The molecule has 1 aliphatic rings. The molecule has 0 spiro atoms. The zero-order valence-corrected chi connectivity index (χ0v) is 15.3. The van der Waals surface area contributed by atoms with E-state index in [1.54, 1.807) is 0 Å². The van der Waals surface area contributed by atoms with E-state index in [-0.39, 0.29) is 30.3 Å². The molecule has 1 saturated heterocycles. The van der Waals surface area contributed by atoms with E-state index in [2.05, 4.69) is 10.6 Å². The molecule has 0 bridgehead atoms. The van der Waals surface area contributed by atoms with E-state index >= 15 is 0 Å². The van der Waals surface area contributed by atoms with Crippen LogP contribution in [0.2, 0.25) is 0 Å². The topological polar surface area (TPSA) is 54.3 Å². The van der Waals surface area contributed by atoms with Gasteiger partial charge in [-0.05, 0) is 43.6 Å². The van der Waals surface area contributed by atoms with Crippen molar-refractivity contribution in [2.45, 2.75) is 18.9 Å². The summed E-state index contributed by atoms with van der Waals surface area (Å²) in [5, 5.41) is 7.58. The number of amides is 1. The van der Waals surface area contributed by atoms with E-state index in [1.807, 2.05) is 60.7 Å². The van der Waals surface area contributed by atoms with Crippen LogP contribution in [-0.4, -0.2) is 19.0 Å². The van der Waals surface area contributed by atoms with Crippen LogP contribution in [0.1, 0.15) is 30.2 Å². The van der Waals surface area contributed by atoms with Gasteiger partial charge < -0.3 is 15.1 Å². The Kier molecular flexibility index (Phi) is 5.96. The molecule has 3 aromatic rings. The second kappa shape index (κ2) is 8.39. The molecular formula is C21H23ClN2O2. The number of benzene rings is 2. The van der Waals surface area contributed by atoms with Gasteiger partial charge in [0.25, 0.3) is 0 Å². The Bertz CT molecular complexity index is 824. The number of hydrogen-bond acceptors (Lipinski definition) is 3. The lowest BCUT2D eigenvalue weighted by atomic mass is 9.95. The number of furan rings is 1. The third-order valence-electron chi connectivity index (χ3n) is 4.86. The fourth-order valence-corrected chi connectivity index (χ4v) is 3.45. The highest BCUT2D eigenvalue weighted by molar-refractivity contribution is 5.85. The van der Waals surface area contributed by atoms with Gasteiger partial charge >= 0.3 is 0 Å². The molecule has 0 saturated carbocycles. The molecule has 0 radical (unpaired) electrons. The molecule has 1 amide bonds. The van der Waals surface area contributed by atoms with Gasteiger partial charge in [-0.15, -0.1) is 12.4 Å². The van der Waals surface area contributed by atoms with Gasteiger partial charge in [0.15, 0.2) is 0 Å². The van der Waals surface area contributed by atoms with E-state index in [0.29, 0.717) is 0 Å². The first-order valence-corrected chi connectivity index (χ1v) is 8.86. The summed E-state index contributed by atoms with van der Waals surface area (Å²) >= 11 is 0. The van der Waals surface area contributed by atoms with Crippen LogP contribution in [0.5, 0.6) is 0 Å². The van der Waals surface area contributed by atoms with E-state index in [1.165, 1.54) is 0 Å². The van der Waals surface area contributed by atoms with Gasteiger partial charge in [-0.2, -0.15) is 0 Å². The SMILES string of the molecule is Cl.O=C(NC(c1ccccc1)c1cc2ccccc2o1)C1CCNCC1. The van der Waals surface area contributed by atoms with E-state index in [0.717, 1.165) is 48.2 Å². The molecule has 2 heterocycles. The Labute approximate surface area is 159 Å². The van der Waals surface area contributed by atoms with Crippen LogP contribution >= 0.6 is 12.4 Å². The molecule has 2 aromatic carbocycles. The molecule has 0 aliphatic carbocycles. The van der Waals surface area contributed by atoms with Gasteiger partial charge in [0.05, 0.1) is 0 Å². The van der Waals surface area contributed by atoms with Crippen LogP contribution in [0.4, 0.5) is 0 Å². The molecular weight excluding hydrogens is 348 g/mol. The summed E-state index contributed by atoms with van der Waals surface area (Å²) in [6, 6.07) is 19.7. The predicted molar refractivity (Wildman–Crippen MR) is 105 cm³/mol.